The molecular weight excluding hydrogens is 303 g/mol. The lowest BCUT2D eigenvalue weighted by molar-refractivity contribution is 0.438. The minimum Gasteiger partial charge on any atom is -0.334 e. The molecule has 0 amide bonds. The maximum atomic E-state index is 13.1. The highest BCUT2D eigenvalue weighted by molar-refractivity contribution is 9.10. The van der Waals surface area contributed by atoms with Gasteiger partial charge in [-0.2, -0.15) is 0 Å². The third kappa shape index (κ3) is 3.45. The fourth-order valence-corrected chi connectivity index (χ4v) is 2.73. The summed E-state index contributed by atoms with van der Waals surface area (Å²) in [6.07, 6.45) is 0. The van der Waals surface area contributed by atoms with Crippen LogP contribution in [-0.4, -0.2) is 17.5 Å². The van der Waals surface area contributed by atoms with Crippen molar-refractivity contribution in [3.63, 3.8) is 0 Å². The largest absolute Gasteiger partial charge is 0.334 e. The van der Waals surface area contributed by atoms with Crippen LogP contribution in [0.2, 0.25) is 0 Å². The van der Waals surface area contributed by atoms with Gasteiger partial charge >= 0.3 is 0 Å². The predicted molar refractivity (Wildman–Crippen MR) is 76.3 cm³/mol. The summed E-state index contributed by atoms with van der Waals surface area (Å²) in [6.45, 7) is 5.19. The Labute approximate surface area is 113 Å². The van der Waals surface area contributed by atoms with Crippen LogP contribution in [0.25, 0.3) is 0 Å². The van der Waals surface area contributed by atoms with Gasteiger partial charge in [-0.05, 0) is 39.5 Å². The Morgan fingerprint density at radius 1 is 1.47 bits per heavy atom. The zero-order valence-corrected chi connectivity index (χ0v) is 12.2. The lowest BCUT2D eigenvalue weighted by Gasteiger charge is -2.27. The van der Waals surface area contributed by atoms with E-state index < -0.39 is 0 Å². The van der Waals surface area contributed by atoms with E-state index in [-0.39, 0.29) is 11.2 Å². The number of anilines is 1. The highest BCUT2D eigenvalue weighted by Gasteiger charge is 2.23. The van der Waals surface area contributed by atoms with Gasteiger partial charge in [0.25, 0.3) is 0 Å². The summed E-state index contributed by atoms with van der Waals surface area (Å²) in [4.78, 5) is 4.47. The lowest BCUT2D eigenvalue weighted by Crippen LogP contribution is -2.27. The normalized spacial score (nSPS) is 18.7. The first-order chi connectivity index (χ1) is 7.96. The number of hydrogen-bond donors (Lipinski definition) is 1. The van der Waals surface area contributed by atoms with Gasteiger partial charge in [0.05, 0.1) is 5.69 Å². The van der Waals surface area contributed by atoms with Gasteiger partial charge in [-0.15, -0.1) is 0 Å². The average molecular weight is 317 g/mol. The summed E-state index contributed by atoms with van der Waals surface area (Å²) >= 11 is 5.06. The second-order valence-electron chi connectivity index (χ2n) is 4.82. The van der Waals surface area contributed by atoms with Gasteiger partial charge in [-0.1, -0.05) is 25.6 Å². The van der Waals surface area contributed by atoms with Gasteiger partial charge in [0.2, 0.25) is 0 Å². The summed E-state index contributed by atoms with van der Waals surface area (Å²) in [7, 11) is 0. The van der Waals surface area contributed by atoms with Crippen molar-refractivity contribution in [2.24, 2.45) is 10.4 Å². The molecule has 92 valence electrons. The van der Waals surface area contributed by atoms with Crippen molar-refractivity contribution in [2.45, 2.75) is 13.8 Å². The highest BCUT2D eigenvalue weighted by atomic mass is 79.9. The molecule has 2 rings (SSSR count). The number of rotatable bonds is 1. The molecule has 0 aliphatic carbocycles. The number of halogens is 2. The SMILES string of the molecule is CC1(C)CN=C(Nc2cc(F)ccc2Br)SC1. The van der Waals surface area contributed by atoms with E-state index in [1.807, 2.05) is 0 Å². The Hall–Kier alpha value is -0.550. The number of aliphatic imine (C=N–C) groups is 1. The van der Waals surface area contributed by atoms with Gasteiger partial charge in [0.1, 0.15) is 5.82 Å². The first kappa shape index (κ1) is 12.9. The number of benzene rings is 1. The molecule has 0 aromatic heterocycles. The van der Waals surface area contributed by atoms with Crippen molar-refractivity contribution in [3.05, 3.63) is 28.5 Å². The van der Waals surface area contributed by atoms with Crippen LogP contribution >= 0.6 is 27.7 Å². The topological polar surface area (TPSA) is 24.4 Å². The molecule has 1 aliphatic rings. The molecule has 1 aliphatic heterocycles. The Morgan fingerprint density at radius 3 is 2.88 bits per heavy atom. The standard InChI is InChI=1S/C12H14BrFN2S/c1-12(2)6-15-11(17-7-12)16-10-5-8(14)3-4-9(10)13/h3-5H,6-7H2,1-2H3,(H,15,16). The molecule has 0 spiro atoms. The van der Waals surface area contributed by atoms with Crippen LogP contribution < -0.4 is 5.32 Å². The molecule has 1 N–H and O–H groups in total. The summed E-state index contributed by atoms with van der Waals surface area (Å²) in [5.41, 5.74) is 0.964. The second kappa shape index (κ2) is 4.98. The van der Waals surface area contributed by atoms with Crippen molar-refractivity contribution in [1.82, 2.24) is 0 Å². The first-order valence-corrected chi connectivity index (χ1v) is 7.13. The van der Waals surface area contributed by atoms with Crippen LogP contribution in [0, 0.1) is 11.2 Å². The molecule has 1 heterocycles. The van der Waals surface area contributed by atoms with Gasteiger partial charge in [0.15, 0.2) is 5.17 Å². The molecule has 0 saturated heterocycles. The number of thioether (sulfide) groups is 1. The van der Waals surface area contributed by atoms with Crippen molar-refractivity contribution in [1.29, 1.82) is 0 Å². The molecule has 17 heavy (non-hydrogen) atoms. The third-order valence-electron chi connectivity index (χ3n) is 2.42. The lowest BCUT2D eigenvalue weighted by atomic mass is 9.97. The fourth-order valence-electron chi connectivity index (χ4n) is 1.42. The molecule has 0 fully saturated rings. The summed E-state index contributed by atoms with van der Waals surface area (Å²) in [6, 6.07) is 4.58. The number of nitrogens with one attached hydrogen (secondary N) is 1. The van der Waals surface area contributed by atoms with E-state index in [4.69, 9.17) is 0 Å². The van der Waals surface area contributed by atoms with Gasteiger partial charge in [-0.3, -0.25) is 4.99 Å². The van der Waals surface area contributed by atoms with Crippen LogP contribution in [0.15, 0.2) is 27.7 Å². The maximum absolute atomic E-state index is 13.1. The first-order valence-electron chi connectivity index (χ1n) is 5.36. The number of amidine groups is 1. The quantitative estimate of drug-likeness (QED) is 0.842. The molecule has 1 aromatic rings. The monoisotopic (exact) mass is 316 g/mol. The van der Waals surface area contributed by atoms with Crippen LogP contribution in [0.1, 0.15) is 13.8 Å². The van der Waals surface area contributed by atoms with Gasteiger partial charge < -0.3 is 5.32 Å². The smallest absolute Gasteiger partial charge is 0.161 e. The molecule has 1 aromatic carbocycles. The van der Waals surface area contributed by atoms with Crippen molar-refractivity contribution in [2.75, 3.05) is 17.6 Å². The van der Waals surface area contributed by atoms with Crippen LogP contribution in [0.3, 0.4) is 0 Å². The minimum absolute atomic E-state index is 0.245. The van der Waals surface area contributed by atoms with Crippen LogP contribution in [-0.2, 0) is 0 Å². The average Bonchev–Trinajstić information content (AvgIpc) is 2.26. The highest BCUT2D eigenvalue weighted by Crippen LogP contribution is 2.30. The third-order valence-corrected chi connectivity index (χ3v) is 4.54. The van der Waals surface area contributed by atoms with Crippen molar-refractivity contribution in [3.8, 4) is 0 Å². The summed E-state index contributed by atoms with van der Waals surface area (Å²) in [5.74, 6) is 0.767. The molecule has 0 saturated carbocycles. The molecule has 0 atom stereocenters. The Morgan fingerprint density at radius 2 is 2.24 bits per heavy atom. The molecule has 0 radical (unpaired) electrons. The Kier molecular flexibility index (Phi) is 3.78. The minimum atomic E-state index is -0.252. The summed E-state index contributed by atoms with van der Waals surface area (Å²) in [5, 5.41) is 4.01. The van der Waals surface area contributed by atoms with E-state index in [0.717, 1.165) is 27.6 Å². The maximum Gasteiger partial charge on any atom is 0.161 e. The Bertz CT molecular complexity index is 460. The van der Waals surface area contributed by atoms with E-state index in [1.165, 1.54) is 12.1 Å². The number of hydrogen-bond acceptors (Lipinski definition) is 3. The summed E-state index contributed by atoms with van der Waals surface area (Å²) < 4.78 is 14.0. The molecule has 0 bridgehead atoms. The predicted octanol–water partition coefficient (Wildman–Crippen LogP) is 4.13. The number of nitrogens with zero attached hydrogens (tertiary/aromatic N) is 1. The fraction of sp³-hybridized carbons (Fsp3) is 0.417. The van der Waals surface area contributed by atoms with Gasteiger partial charge in [0, 0.05) is 16.8 Å². The van der Waals surface area contributed by atoms with E-state index in [9.17, 15) is 4.39 Å². The second-order valence-corrected chi connectivity index (χ2v) is 6.64. The van der Waals surface area contributed by atoms with Crippen LogP contribution in [0.4, 0.5) is 10.1 Å². The Balaban J connectivity index is 2.12. The van der Waals surface area contributed by atoms with E-state index in [1.54, 1.807) is 17.8 Å². The molecule has 2 nitrogen and oxygen atoms in total. The molecular formula is C12H14BrFN2S. The van der Waals surface area contributed by atoms with Crippen LogP contribution in [0.5, 0.6) is 0 Å². The zero-order chi connectivity index (χ0) is 12.5. The molecule has 5 heteroatoms. The molecule has 0 unspecified atom stereocenters. The van der Waals surface area contributed by atoms with E-state index >= 15 is 0 Å². The van der Waals surface area contributed by atoms with Crippen molar-refractivity contribution < 1.29 is 4.39 Å². The van der Waals surface area contributed by atoms with E-state index in [0.29, 0.717) is 0 Å². The van der Waals surface area contributed by atoms with E-state index in [2.05, 4.69) is 40.1 Å². The zero-order valence-electron chi connectivity index (χ0n) is 9.76. The van der Waals surface area contributed by atoms with Gasteiger partial charge in [-0.25, -0.2) is 4.39 Å². The van der Waals surface area contributed by atoms with Crippen molar-refractivity contribution >= 4 is 38.5 Å².